The first-order valence-electron chi connectivity index (χ1n) is 5.56. The van der Waals surface area contributed by atoms with Crippen molar-refractivity contribution in [2.45, 2.75) is 45.1 Å². The van der Waals surface area contributed by atoms with Gasteiger partial charge in [0.1, 0.15) is 0 Å². The number of rotatable bonds is 2. The van der Waals surface area contributed by atoms with Crippen LogP contribution in [0.5, 0.6) is 0 Å². The molecule has 1 aliphatic rings. The molecule has 1 heterocycles. The lowest BCUT2D eigenvalue weighted by atomic mass is 9.95. The smallest absolute Gasteiger partial charge is 0.166 e. The van der Waals surface area contributed by atoms with Crippen molar-refractivity contribution in [1.82, 2.24) is 4.57 Å². The minimum Gasteiger partial charge on any atom is -0.339 e. The molecule has 2 rings (SSSR count). The van der Waals surface area contributed by atoms with Crippen LogP contribution in [0, 0.1) is 6.92 Å². The molecule has 0 bridgehead atoms. The zero-order valence-electron chi connectivity index (χ0n) is 9.00. The molecular formula is C12H16BrNO. The van der Waals surface area contributed by atoms with Gasteiger partial charge in [0.2, 0.25) is 0 Å². The van der Waals surface area contributed by atoms with E-state index in [0.29, 0.717) is 6.04 Å². The normalized spacial score (nSPS) is 18.0. The van der Waals surface area contributed by atoms with Crippen LogP contribution in [0.4, 0.5) is 0 Å². The lowest BCUT2D eigenvalue weighted by Crippen LogP contribution is -2.16. The van der Waals surface area contributed by atoms with Crippen molar-refractivity contribution in [1.29, 1.82) is 0 Å². The standard InChI is InChI=1S/C12H16BrNO/c1-9-12(13)7-11(8-15)14(9)10-5-3-2-4-6-10/h7-8,10H,2-6H2,1H3. The van der Waals surface area contributed by atoms with E-state index in [4.69, 9.17) is 0 Å². The van der Waals surface area contributed by atoms with Gasteiger partial charge in [-0.05, 0) is 41.8 Å². The number of halogens is 1. The number of hydrogen-bond acceptors (Lipinski definition) is 1. The predicted molar refractivity (Wildman–Crippen MR) is 64.4 cm³/mol. The van der Waals surface area contributed by atoms with Gasteiger partial charge in [-0.1, -0.05) is 19.3 Å². The first-order valence-corrected chi connectivity index (χ1v) is 6.36. The third-order valence-electron chi connectivity index (χ3n) is 3.32. The summed E-state index contributed by atoms with van der Waals surface area (Å²) in [6.07, 6.45) is 7.31. The molecule has 2 nitrogen and oxygen atoms in total. The van der Waals surface area contributed by atoms with E-state index in [1.165, 1.54) is 37.8 Å². The lowest BCUT2D eigenvalue weighted by Gasteiger charge is -2.25. The van der Waals surface area contributed by atoms with E-state index >= 15 is 0 Å². The molecule has 0 aromatic carbocycles. The first kappa shape index (κ1) is 10.9. The first-order chi connectivity index (χ1) is 7.24. The van der Waals surface area contributed by atoms with E-state index in [9.17, 15) is 4.79 Å². The highest BCUT2D eigenvalue weighted by Crippen LogP contribution is 2.33. The molecule has 0 saturated heterocycles. The number of aldehydes is 1. The Morgan fingerprint density at radius 2 is 2.07 bits per heavy atom. The van der Waals surface area contributed by atoms with Crippen molar-refractivity contribution in [3.05, 3.63) is 21.9 Å². The summed E-state index contributed by atoms with van der Waals surface area (Å²) in [4.78, 5) is 11.0. The second-order valence-corrected chi connectivity index (χ2v) is 5.14. The van der Waals surface area contributed by atoms with Gasteiger partial charge in [0.05, 0.1) is 5.69 Å². The molecule has 1 fully saturated rings. The Morgan fingerprint density at radius 1 is 1.40 bits per heavy atom. The Morgan fingerprint density at radius 3 is 2.67 bits per heavy atom. The molecule has 1 saturated carbocycles. The van der Waals surface area contributed by atoms with Crippen LogP contribution in [-0.4, -0.2) is 10.9 Å². The molecule has 15 heavy (non-hydrogen) atoms. The maximum Gasteiger partial charge on any atom is 0.166 e. The zero-order chi connectivity index (χ0) is 10.8. The maximum atomic E-state index is 11.0. The lowest BCUT2D eigenvalue weighted by molar-refractivity contribution is 0.111. The second-order valence-electron chi connectivity index (χ2n) is 4.28. The predicted octanol–water partition coefficient (Wildman–Crippen LogP) is 3.88. The van der Waals surface area contributed by atoms with Gasteiger partial charge in [0, 0.05) is 16.2 Å². The van der Waals surface area contributed by atoms with Crippen molar-refractivity contribution in [3.63, 3.8) is 0 Å². The molecule has 0 spiro atoms. The van der Waals surface area contributed by atoms with Crippen molar-refractivity contribution >= 4 is 22.2 Å². The van der Waals surface area contributed by atoms with Crippen LogP contribution in [0.15, 0.2) is 10.5 Å². The largest absolute Gasteiger partial charge is 0.339 e. The summed E-state index contributed by atoms with van der Waals surface area (Å²) >= 11 is 3.49. The Kier molecular flexibility index (Phi) is 3.29. The van der Waals surface area contributed by atoms with Gasteiger partial charge in [-0.3, -0.25) is 4.79 Å². The third-order valence-corrected chi connectivity index (χ3v) is 4.12. The van der Waals surface area contributed by atoms with Crippen LogP contribution >= 0.6 is 15.9 Å². The molecule has 0 amide bonds. The van der Waals surface area contributed by atoms with Crippen LogP contribution < -0.4 is 0 Å². The molecule has 82 valence electrons. The fraction of sp³-hybridized carbons (Fsp3) is 0.583. The third kappa shape index (κ3) is 2.03. The Balaban J connectivity index is 2.35. The molecule has 0 N–H and O–H groups in total. The highest BCUT2D eigenvalue weighted by molar-refractivity contribution is 9.10. The Bertz CT molecular complexity index is 364. The van der Waals surface area contributed by atoms with Crippen LogP contribution in [0.1, 0.15) is 54.3 Å². The summed E-state index contributed by atoms with van der Waals surface area (Å²) in [5, 5.41) is 0. The summed E-state index contributed by atoms with van der Waals surface area (Å²) in [6.45, 7) is 2.08. The quantitative estimate of drug-likeness (QED) is 0.747. The number of nitrogens with zero attached hydrogens (tertiary/aromatic N) is 1. The number of carbonyl (C=O) groups excluding carboxylic acids is 1. The monoisotopic (exact) mass is 269 g/mol. The maximum absolute atomic E-state index is 11.0. The van der Waals surface area contributed by atoms with E-state index in [1.54, 1.807) is 0 Å². The number of carbonyl (C=O) groups is 1. The molecule has 0 atom stereocenters. The molecular weight excluding hydrogens is 254 g/mol. The topological polar surface area (TPSA) is 22.0 Å². The average Bonchev–Trinajstić information content (AvgIpc) is 2.56. The fourth-order valence-corrected chi connectivity index (χ4v) is 2.95. The van der Waals surface area contributed by atoms with E-state index in [-0.39, 0.29) is 0 Å². The van der Waals surface area contributed by atoms with E-state index in [2.05, 4.69) is 27.4 Å². The summed E-state index contributed by atoms with van der Waals surface area (Å²) in [6, 6.07) is 2.46. The average molecular weight is 270 g/mol. The Labute approximate surface area is 98.8 Å². The van der Waals surface area contributed by atoms with Gasteiger partial charge in [-0.2, -0.15) is 0 Å². The van der Waals surface area contributed by atoms with E-state index < -0.39 is 0 Å². The highest BCUT2D eigenvalue weighted by atomic mass is 79.9. The highest BCUT2D eigenvalue weighted by Gasteiger charge is 2.20. The molecule has 0 radical (unpaired) electrons. The van der Waals surface area contributed by atoms with Crippen molar-refractivity contribution < 1.29 is 4.79 Å². The molecule has 1 aliphatic carbocycles. The summed E-state index contributed by atoms with van der Waals surface area (Å²) in [7, 11) is 0. The summed E-state index contributed by atoms with van der Waals surface area (Å²) in [5.41, 5.74) is 2.00. The van der Waals surface area contributed by atoms with Crippen molar-refractivity contribution in [3.8, 4) is 0 Å². The van der Waals surface area contributed by atoms with Gasteiger partial charge in [-0.15, -0.1) is 0 Å². The Hall–Kier alpha value is -0.570. The molecule has 1 aromatic rings. The number of hydrogen-bond donors (Lipinski definition) is 0. The summed E-state index contributed by atoms with van der Waals surface area (Å²) < 4.78 is 3.26. The van der Waals surface area contributed by atoms with Gasteiger partial charge in [-0.25, -0.2) is 0 Å². The number of aromatic nitrogens is 1. The molecule has 0 aliphatic heterocycles. The van der Waals surface area contributed by atoms with Gasteiger partial charge in [0.15, 0.2) is 6.29 Å². The van der Waals surface area contributed by atoms with E-state index in [0.717, 1.165) is 16.5 Å². The van der Waals surface area contributed by atoms with Crippen LogP contribution in [0.25, 0.3) is 0 Å². The second kappa shape index (κ2) is 4.52. The van der Waals surface area contributed by atoms with E-state index in [1.807, 2.05) is 6.07 Å². The molecule has 0 unspecified atom stereocenters. The van der Waals surface area contributed by atoms with Crippen molar-refractivity contribution in [2.24, 2.45) is 0 Å². The van der Waals surface area contributed by atoms with Crippen LogP contribution in [0.3, 0.4) is 0 Å². The SMILES string of the molecule is Cc1c(Br)cc(C=O)n1C1CCCCC1. The zero-order valence-corrected chi connectivity index (χ0v) is 10.6. The minimum absolute atomic E-state index is 0.533. The van der Waals surface area contributed by atoms with Gasteiger partial charge in [0.25, 0.3) is 0 Å². The summed E-state index contributed by atoms with van der Waals surface area (Å²) in [5.74, 6) is 0. The fourth-order valence-electron chi connectivity index (χ4n) is 2.53. The minimum atomic E-state index is 0.533. The van der Waals surface area contributed by atoms with Gasteiger partial charge >= 0.3 is 0 Å². The van der Waals surface area contributed by atoms with Crippen molar-refractivity contribution in [2.75, 3.05) is 0 Å². The van der Waals surface area contributed by atoms with Gasteiger partial charge < -0.3 is 4.57 Å². The molecule has 3 heteroatoms. The molecule has 1 aromatic heterocycles. The van der Waals surface area contributed by atoms with Crippen LogP contribution in [0.2, 0.25) is 0 Å². The van der Waals surface area contributed by atoms with Crippen LogP contribution in [-0.2, 0) is 0 Å².